The molecule has 1 aliphatic heterocycles. The Morgan fingerprint density at radius 2 is 2.00 bits per heavy atom. The Morgan fingerprint density at radius 1 is 1.25 bits per heavy atom. The van der Waals surface area contributed by atoms with Gasteiger partial charge >= 0.3 is 0 Å². The second-order valence-corrected chi connectivity index (χ2v) is 8.49. The van der Waals surface area contributed by atoms with E-state index in [1.807, 2.05) is 30.0 Å². The van der Waals surface area contributed by atoms with Crippen LogP contribution in [0.5, 0.6) is 0 Å². The van der Waals surface area contributed by atoms with E-state index in [0.29, 0.717) is 18.2 Å². The lowest BCUT2D eigenvalue weighted by molar-refractivity contribution is -0.133. The number of aromatic nitrogens is 2. The Kier molecular flexibility index (Phi) is 4.76. The average Bonchev–Trinajstić information content (AvgIpc) is 3.26. The van der Waals surface area contributed by atoms with Gasteiger partial charge in [-0.2, -0.15) is 13.9 Å². The van der Waals surface area contributed by atoms with Crippen LogP contribution in [0.3, 0.4) is 0 Å². The fourth-order valence-corrected chi connectivity index (χ4v) is 4.30. The van der Waals surface area contributed by atoms with Crippen molar-refractivity contribution in [2.45, 2.75) is 64.5 Å². The average molecular weight is 387 g/mol. The van der Waals surface area contributed by atoms with Crippen LogP contribution in [0.4, 0.5) is 8.78 Å². The Bertz CT molecular complexity index is 882. The molecular weight excluding hydrogens is 360 g/mol. The van der Waals surface area contributed by atoms with Crippen LogP contribution in [-0.4, -0.2) is 27.1 Å². The molecule has 1 aromatic carbocycles. The summed E-state index contributed by atoms with van der Waals surface area (Å²) < 4.78 is 29.4. The lowest BCUT2D eigenvalue weighted by Gasteiger charge is -2.28. The van der Waals surface area contributed by atoms with E-state index in [-0.39, 0.29) is 30.1 Å². The largest absolute Gasteiger partial charge is 0.334 e. The van der Waals surface area contributed by atoms with Crippen molar-refractivity contribution in [2.24, 2.45) is 5.92 Å². The zero-order chi connectivity index (χ0) is 20.1. The Morgan fingerprint density at radius 3 is 2.64 bits per heavy atom. The molecule has 1 aliphatic carbocycles. The molecule has 0 unspecified atom stereocenters. The van der Waals surface area contributed by atoms with E-state index in [4.69, 9.17) is 0 Å². The summed E-state index contributed by atoms with van der Waals surface area (Å²) in [4.78, 5) is 15.0. The third-order valence-corrected chi connectivity index (χ3v) is 5.93. The number of hydrogen-bond acceptors (Lipinski definition) is 2. The van der Waals surface area contributed by atoms with Gasteiger partial charge in [-0.1, -0.05) is 36.8 Å². The minimum Gasteiger partial charge on any atom is -0.334 e. The van der Waals surface area contributed by atoms with Gasteiger partial charge in [0.25, 0.3) is 5.92 Å². The molecule has 4 nitrogen and oxygen atoms in total. The molecule has 150 valence electrons. The van der Waals surface area contributed by atoms with E-state index in [0.717, 1.165) is 37.3 Å². The number of carbonyl (C=O) groups is 1. The highest BCUT2D eigenvalue weighted by Crippen LogP contribution is 2.41. The first-order chi connectivity index (χ1) is 13.2. The molecule has 4 rings (SSSR count). The molecule has 2 aromatic rings. The van der Waals surface area contributed by atoms with Gasteiger partial charge in [0.1, 0.15) is 12.2 Å². The van der Waals surface area contributed by atoms with Gasteiger partial charge in [-0.05, 0) is 43.7 Å². The molecule has 2 atom stereocenters. The quantitative estimate of drug-likeness (QED) is 0.740. The van der Waals surface area contributed by atoms with Gasteiger partial charge in [0.2, 0.25) is 5.91 Å². The normalized spacial score (nSPS) is 22.7. The van der Waals surface area contributed by atoms with Crippen molar-refractivity contribution in [3.05, 3.63) is 52.8 Å². The summed E-state index contributed by atoms with van der Waals surface area (Å²) in [5, 5.41) is 4.37. The molecule has 1 amide bonds. The van der Waals surface area contributed by atoms with E-state index >= 15 is 0 Å². The van der Waals surface area contributed by atoms with Gasteiger partial charge in [0, 0.05) is 19.4 Å². The first-order valence-electron chi connectivity index (χ1n) is 10.1. The molecule has 0 radical (unpaired) electrons. The van der Waals surface area contributed by atoms with Crippen molar-refractivity contribution in [2.75, 3.05) is 6.54 Å². The summed E-state index contributed by atoms with van der Waals surface area (Å²) in [5.41, 5.74) is 2.79. The SMILES string of the molecule is Cc1cccc([C@H]2[C@@H](C)CCN2C(=O)Cn2nc(C3CC3)cc2C(C)(F)F)c1. The highest BCUT2D eigenvalue weighted by atomic mass is 19.3. The highest BCUT2D eigenvalue weighted by Gasteiger charge is 2.38. The minimum atomic E-state index is -3.02. The van der Waals surface area contributed by atoms with Crippen LogP contribution in [0.25, 0.3) is 0 Å². The van der Waals surface area contributed by atoms with Crippen molar-refractivity contribution >= 4 is 5.91 Å². The Hall–Kier alpha value is -2.24. The van der Waals surface area contributed by atoms with Crippen LogP contribution in [0.15, 0.2) is 30.3 Å². The predicted molar refractivity (Wildman–Crippen MR) is 103 cm³/mol. The van der Waals surface area contributed by atoms with Crippen molar-refractivity contribution in [3.8, 4) is 0 Å². The fraction of sp³-hybridized carbons (Fsp3) is 0.545. The molecule has 2 heterocycles. The number of amides is 1. The van der Waals surface area contributed by atoms with Gasteiger partial charge < -0.3 is 4.90 Å². The van der Waals surface area contributed by atoms with Gasteiger partial charge in [-0.25, -0.2) is 0 Å². The number of benzene rings is 1. The molecule has 1 saturated carbocycles. The standard InChI is InChI=1S/C22H27F2N3O/c1-14-5-4-6-17(11-14)21-15(2)9-10-26(21)20(28)13-27-19(22(3,23)24)12-18(25-27)16-7-8-16/h4-6,11-12,15-16,21H,7-10,13H2,1-3H3/t15-,21+/m0/s1. The molecule has 0 N–H and O–H groups in total. The van der Waals surface area contributed by atoms with Crippen molar-refractivity contribution in [1.82, 2.24) is 14.7 Å². The smallest absolute Gasteiger partial charge is 0.286 e. The summed E-state index contributed by atoms with van der Waals surface area (Å²) in [6.45, 7) is 5.56. The summed E-state index contributed by atoms with van der Waals surface area (Å²) in [7, 11) is 0. The number of aryl methyl sites for hydroxylation is 1. The molecule has 1 saturated heterocycles. The summed E-state index contributed by atoms with van der Waals surface area (Å²) in [6, 6.07) is 9.66. The fourth-order valence-electron chi connectivity index (χ4n) is 4.30. The second-order valence-electron chi connectivity index (χ2n) is 8.49. The third kappa shape index (κ3) is 3.69. The van der Waals surface area contributed by atoms with Crippen molar-refractivity contribution in [1.29, 1.82) is 0 Å². The lowest BCUT2D eigenvalue weighted by Crippen LogP contribution is -2.35. The topological polar surface area (TPSA) is 38.1 Å². The monoisotopic (exact) mass is 387 g/mol. The molecule has 0 bridgehead atoms. The molecule has 0 spiro atoms. The first kappa shape index (κ1) is 19.1. The first-order valence-corrected chi connectivity index (χ1v) is 10.1. The molecule has 2 aliphatic rings. The van der Waals surface area contributed by atoms with Gasteiger partial charge in [-0.3, -0.25) is 9.48 Å². The highest BCUT2D eigenvalue weighted by molar-refractivity contribution is 5.77. The molecule has 1 aromatic heterocycles. The summed E-state index contributed by atoms with van der Waals surface area (Å²) in [5.74, 6) is -2.57. The van der Waals surface area contributed by atoms with Crippen LogP contribution < -0.4 is 0 Å². The maximum Gasteiger partial charge on any atom is 0.286 e. The number of carbonyl (C=O) groups excluding carboxylic acids is 1. The van der Waals surface area contributed by atoms with Crippen LogP contribution in [0.1, 0.15) is 67.6 Å². The van der Waals surface area contributed by atoms with Crippen molar-refractivity contribution in [3.63, 3.8) is 0 Å². The predicted octanol–water partition coefficient (Wildman–Crippen LogP) is 4.79. The second kappa shape index (κ2) is 6.98. The van der Waals surface area contributed by atoms with Gasteiger partial charge in [0.15, 0.2) is 0 Å². The van der Waals surface area contributed by atoms with Gasteiger partial charge in [-0.15, -0.1) is 0 Å². The van der Waals surface area contributed by atoms with E-state index in [9.17, 15) is 13.6 Å². The van der Waals surface area contributed by atoms with Crippen LogP contribution >= 0.6 is 0 Å². The van der Waals surface area contributed by atoms with E-state index in [1.165, 1.54) is 10.7 Å². The van der Waals surface area contributed by atoms with Crippen LogP contribution in [0.2, 0.25) is 0 Å². The number of hydrogen-bond donors (Lipinski definition) is 0. The summed E-state index contributed by atoms with van der Waals surface area (Å²) in [6.07, 6.45) is 2.88. The molecule has 28 heavy (non-hydrogen) atoms. The van der Waals surface area contributed by atoms with E-state index < -0.39 is 5.92 Å². The molecule has 2 fully saturated rings. The number of nitrogens with zero attached hydrogens (tertiary/aromatic N) is 3. The number of halogens is 2. The third-order valence-electron chi connectivity index (χ3n) is 5.93. The maximum atomic E-state index is 14.1. The Balaban J connectivity index is 1.59. The van der Waals surface area contributed by atoms with E-state index in [2.05, 4.69) is 18.1 Å². The zero-order valence-corrected chi connectivity index (χ0v) is 16.7. The maximum absolute atomic E-state index is 14.1. The van der Waals surface area contributed by atoms with Gasteiger partial charge in [0.05, 0.1) is 11.7 Å². The zero-order valence-electron chi connectivity index (χ0n) is 16.7. The number of alkyl halides is 2. The molecular formula is C22H27F2N3O. The number of rotatable bonds is 5. The molecule has 6 heteroatoms. The minimum absolute atomic E-state index is 0.0172. The van der Waals surface area contributed by atoms with Crippen molar-refractivity contribution < 1.29 is 13.6 Å². The summed E-state index contributed by atoms with van der Waals surface area (Å²) >= 11 is 0. The van der Waals surface area contributed by atoms with Crippen LogP contribution in [0, 0.1) is 12.8 Å². The van der Waals surface area contributed by atoms with Crippen LogP contribution in [-0.2, 0) is 17.3 Å². The lowest BCUT2D eigenvalue weighted by atomic mass is 9.94. The Labute approximate surface area is 164 Å². The van der Waals surface area contributed by atoms with E-state index in [1.54, 1.807) is 0 Å². The number of likely N-dealkylation sites (tertiary alicyclic amines) is 1.